The largest absolute Gasteiger partial charge is 0.450 e. The van der Waals surface area contributed by atoms with Crippen LogP contribution in [0, 0.1) is 0 Å². The van der Waals surface area contributed by atoms with E-state index < -0.39 is 11.7 Å². The van der Waals surface area contributed by atoms with E-state index in [0.717, 1.165) is 18.9 Å². The van der Waals surface area contributed by atoms with Gasteiger partial charge in [0, 0.05) is 45.5 Å². The maximum atomic E-state index is 13.0. The van der Waals surface area contributed by atoms with Gasteiger partial charge in [0.05, 0.1) is 12.2 Å². The Balaban J connectivity index is 0.00000450. The normalized spacial score (nSPS) is 15.2. The maximum absolute atomic E-state index is 13.0. The third-order valence-corrected chi connectivity index (χ3v) is 4.41. The number of ether oxygens (including phenoxy) is 1. The molecular formula is C18H28F3IN6O2. The van der Waals surface area contributed by atoms with Crippen molar-refractivity contribution in [2.75, 3.05) is 45.2 Å². The molecule has 0 spiro atoms. The molecule has 1 aromatic rings. The lowest BCUT2D eigenvalue weighted by Gasteiger charge is -2.32. The molecule has 1 fully saturated rings. The van der Waals surface area contributed by atoms with E-state index in [1.807, 2.05) is 0 Å². The van der Waals surface area contributed by atoms with Gasteiger partial charge in [-0.3, -0.25) is 4.99 Å². The van der Waals surface area contributed by atoms with Gasteiger partial charge in [0.25, 0.3) is 0 Å². The zero-order valence-electron chi connectivity index (χ0n) is 17.0. The van der Waals surface area contributed by atoms with Crippen LogP contribution >= 0.6 is 24.0 Å². The van der Waals surface area contributed by atoms with Crippen molar-refractivity contribution in [1.82, 2.24) is 20.5 Å². The average molecular weight is 544 g/mol. The molecule has 3 N–H and O–H groups in total. The van der Waals surface area contributed by atoms with Crippen molar-refractivity contribution in [1.29, 1.82) is 0 Å². The van der Waals surface area contributed by atoms with Crippen LogP contribution in [0.5, 0.6) is 0 Å². The van der Waals surface area contributed by atoms with Crippen LogP contribution in [0.1, 0.15) is 25.3 Å². The minimum atomic E-state index is -4.46. The molecule has 0 atom stereocenters. The summed E-state index contributed by atoms with van der Waals surface area (Å²) in [7, 11) is 1.62. The average Bonchev–Trinajstić information content (AvgIpc) is 2.70. The summed E-state index contributed by atoms with van der Waals surface area (Å²) in [5.74, 6) is 0.356. The van der Waals surface area contributed by atoms with Crippen molar-refractivity contribution in [3.63, 3.8) is 0 Å². The SMILES string of the molecule is CCOC(=O)N1CCC(NC(=NC)NCCNc2ncccc2C(F)(F)F)CC1.I. The summed E-state index contributed by atoms with van der Waals surface area (Å²) in [6.07, 6.45) is -1.94. The zero-order chi connectivity index (χ0) is 21.3. The number of carbonyl (C=O) groups excluding carboxylic acids is 1. The lowest BCUT2D eigenvalue weighted by Crippen LogP contribution is -2.50. The number of guanidine groups is 1. The lowest BCUT2D eigenvalue weighted by atomic mass is 10.1. The van der Waals surface area contributed by atoms with E-state index in [2.05, 4.69) is 25.9 Å². The molecule has 12 heteroatoms. The van der Waals surface area contributed by atoms with Crippen molar-refractivity contribution < 1.29 is 22.7 Å². The van der Waals surface area contributed by atoms with E-state index in [1.54, 1.807) is 18.9 Å². The second-order valence-electron chi connectivity index (χ2n) is 6.43. The molecule has 8 nitrogen and oxygen atoms in total. The monoisotopic (exact) mass is 544 g/mol. The number of piperidine rings is 1. The van der Waals surface area contributed by atoms with E-state index >= 15 is 0 Å². The molecule has 0 aliphatic carbocycles. The van der Waals surface area contributed by atoms with Crippen LogP contribution in [-0.4, -0.2) is 67.8 Å². The molecule has 0 radical (unpaired) electrons. The number of pyridine rings is 1. The van der Waals surface area contributed by atoms with Crippen LogP contribution in [-0.2, 0) is 10.9 Å². The highest BCUT2D eigenvalue weighted by Crippen LogP contribution is 2.33. The summed E-state index contributed by atoms with van der Waals surface area (Å²) < 4.78 is 43.9. The van der Waals surface area contributed by atoms with Gasteiger partial charge in [-0.05, 0) is 31.9 Å². The third-order valence-electron chi connectivity index (χ3n) is 4.41. The van der Waals surface area contributed by atoms with Crippen molar-refractivity contribution in [2.45, 2.75) is 32.0 Å². The number of nitrogens with zero attached hydrogens (tertiary/aromatic N) is 3. The first-order chi connectivity index (χ1) is 13.8. The number of hydrogen-bond donors (Lipinski definition) is 3. The summed E-state index contributed by atoms with van der Waals surface area (Å²) in [5, 5.41) is 9.03. The van der Waals surface area contributed by atoms with Gasteiger partial charge >= 0.3 is 12.3 Å². The number of nitrogens with one attached hydrogen (secondary N) is 3. The number of aliphatic imine (C=N–C) groups is 1. The molecule has 0 saturated carbocycles. The Morgan fingerprint density at radius 1 is 1.33 bits per heavy atom. The van der Waals surface area contributed by atoms with Gasteiger partial charge in [-0.25, -0.2) is 9.78 Å². The topological polar surface area (TPSA) is 90.9 Å². The number of halogens is 4. The van der Waals surface area contributed by atoms with Crippen molar-refractivity contribution in [3.05, 3.63) is 23.9 Å². The molecular weight excluding hydrogens is 516 g/mol. The third kappa shape index (κ3) is 8.03. The van der Waals surface area contributed by atoms with Crippen molar-refractivity contribution in [2.24, 2.45) is 4.99 Å². The van der Waals surface area contributed by atoms with Gasteiger partial charge in [-0.2, -0.15) is 13.2 Å². The molecule has 2 rings (SSSR count). The number of amides is 1. The molecule has 1 aliphatic heterocycles. The van der Waals surface area contributed by atoms with Gasteiger partial charge in [-0.1, -0.05) is 0 Å². The molecule has 0 aromatic carbocycles. The van der Waals surface area contributed by atoms with E-state index in [0.29, 0.717) is 32.2 Å². The summed E-state index contributed by atoms with van der Waals surface area (Å²) in [4.78, 5) is 21.3. The summed E-state index contributed by atoms with van der Waals surface area (Å²) in [6, 6.07) is 2.39. The van der Waals surface area contributed by atoms with Gasteiger partial charge < -0.3 is 25.6 Å². The Bertz CT molecular complexity index is 697. The molecule has 1 saturated heterocycles. The molecule has 0 unspecified atom stereocenters. The molecule has 1 amide bonds. The second kappa shape index (κ2) is 12.6. The van der Waals surface area contributed by atoms with Gasteiger partial charge in [0.1, 0.15) is 5.82 Å². The standard InChI is InChI=1S/C18H27F3N6O2.HI/c1-3-29-17(28)27-11-6-13(7-12-27)26-16(22-2)25-10-9-24-15-14(18(19,20)21)5-4-8-23-15;/h4-5,8,13H,3,6-7,9-12H2,1-2H3,(H,23,24)(H2,22,25,26);1H. The highest BCUT2D eigenvalue weighted by atomic mass is 127. The van der Waals surface area contributed by atoms with Crippen LogP contribution < -0.4 is 16.0 Å². The van der Waals surface area contributed by atoms with Crippen LogP contribution in [0.15, 0.2) is 23.3 Å². The first-order valence-electron chi connectivity index (χ1n) is 9.50. The van der Waals surface area contributed by atoms with E-state index in [-0.39, 0.29) is 48.5 Å². The Morgan fingerprint density at radius 2 is 2.03 bits per heavy atom. The number of carbonyl (C=O) groups is 1. The van der Waals surface area contributed by atoms with Gasteiger partial charge in [-0.15, -0.1) is 24.0 Å². The number of likely N-dealkylation sites (tertiary alicyclic amines) is 1. The van der Waals surface area contributed by atoms with E-state index in [1.165, 1.54) is 12.3 Å². The molecule has 30 heavy (non-hydrogen) atoms. The molecule has 2 heterocycles. The minimum Gasteiger partial charge on any atom is -0.450 e. The van der Waals surface area contributed by atoms with Crippen LogP contribution in [0.3, 0.4) is 0 Å². The fourth-order valence-electron chi connectivity index (χ4n) is 2.95. The molecule has 0 bridgehead atoms. The first-order valence-corrected chi connectivity index (χ1v) is 9.50. The second-order valence-corrected chi connectivity index (χ2v) is 6.43. The summed E-state index contributed by atoms with van der Waals surface area (Å²) in [5.41, 5.74) is -0.795. The molecule has 170 valence electrons. The predicted molar refractivity (Wildman–Crippen MR) is 119 cm³/mol. The summed E-state index contributed by atoms with van der Waals surface area (Å²) in [6.45, 7) is 3.90. The first kappa shape index (κ1) is 26.0. The summed E-state index contributed by atoms with van der Waals surface area (Å²) >= 11 is 0. The number of hydrogen-bond acceptors (Lipinski definition) is 5. The Hall–Kier alpha value is -1.99. The van der Waals surface area contributed by atoms with Crippen LogP contribution in [0.4, 0.5) is 23.8 Å². The Morgan fingerprint density at radius 3 is 2.63 bits per heavy atom. The van der Waals surface area contributed by atoms with Crippen molar-refractivity contribution >= 4 is 41.8 Å². The number of alkyl halides is 3. The molecule has 1 aliphatic rings. The number of rotatable bonds is 6. The van der Waals surface area contributed by atoms with Crippen LogP contribution in [0.2, 0.25) is 0 Å². The van der Waals surface area contributed by atoms with Crippen LogP contribution in [0.25, 0.3) is 0 Å². The van der Waals surface area contributed by atoms with E-state index in [9.17, 15) is 18.0 Å². The number of anilines is 1. The van der Waals surface area contributed by atoms with Gasteiger partial charge in [0.2, 0.25) is 0 Å². The van der Waals surface area contributed by atoms with E-state index in [4.69, 9.17) is 4.74 Å². The van der Waals surface area contributed by atoms with Crippen molar-refractivity contribution in [3.8, 4) is 0 Å². The highest BCUT2D eigenvalue weighted by molar-refractivity contribution is 14.0. The smallest absolute Gasteiger partial charge is 0.419 e. The fourth-order valence-corrected chi connectivity index (χ4v) is 2.95. The Kier molecular flexibility index (Phi) is 11.0. The Labute approximate surface area is 191 Å². The zero-order valence-corrected chi connectivity index (χ0v) is 19.3. The highest BCUT2D eigenvalue weighted by Gasteiger charge is 2.34. The fraction of sp³-hybridized carbons (Fsp3) is 0.611. The lowest BCUT2D eigenvalue weighted by molar-refractivity contribution is -0.137. The maximum Gasteiger partial charge on any atom is 0.419 e. The number of aromatic nitrogens is 1. The van der Waals surface area contributed by atoms with Gasteiger partial charge in [0.15, 0.2) is 5.96 Å². The minimum absolute atomic E-state index is 0. The quantitative estimate of drug-likeness (QED) is 0.221. The molecule has 1 aromatic heterocycles. The predicted octanol–water partition coefficient (Wildman–Crippen LogP) is 2.92.